The topological polar surface area (TPSA) is 90.4 Å². The van der Waals surface area contributed by atoms with E-state index >= 15 is 0 Å². The van der Waals surface area contributed by atoms with Crippen LogP contribution in [0.4, 0.5) is 0 Å². The van der Waals surface area contributed by atoms with E-state index in [1.807, 2.05) is 48.9 Å². The molecule has 192 valence electrons. The number of imidazole rings is 1. The maximum atomic E-state index is 8.36. The van der Waals surface area contributed by atoms with E-state index in [0.29, 0.717) is 16.7 Å². The second-order valence-corrected chi connectivity index (χ2v) is 9.01. The summed E-state index contributed by atoms with van der Waals surface area (Å²) in [5.74, 6) is 0.753. The summed E-state index contributed by atoms with van der Waals surface area (Å²) in [6.45, 7) is 0.309. The van der Waals surface area contributed by atoms with Gasteiger partial charge in [-0.15, -0.1) is 10.1 Å². The van der Waals surface area contributed by atoms with Gasteiger partial charge in [0.1, 0.15) is 12.4 Å². The molecule has 0 radical (unpaired) electrons. The van der Waals surface area contributed by atoms with Crippen molar-refractivity contribution in [2.45, 2.75) is 12.6 Å². The van der Waals surface area contributed by atoms with Gasteiger partial charge < -0.3 is 14.5 Å². The summed E-state index contributed by atoms with van der Waals surface area (Å²) in [7, 11) is 0. The van der Waals surface area contributed by atoms with Crippen LogP contribution in [0, 0.1) is 10.1 Å². The van der Waals surface area contributed by atoms with Gasteiger partial charge in [-0.05, 0) is 46.5 Å². The third-order valence-electron chi connectivity index (χ3n) is 5.80. The lowest BCUT2D eigenvalue weighted by atomic mass is 9.96. The van der Waals surface area contributed by atoms with Crippen LogP contribution in [0.3, 0.4) is 0 Å². The van der Waals surface area contributed by atoms with Gasteiger partial charge in [0.05, 0.1) is 12.4 Å². The molecule has 9 heteroatoms. The lowest BCUT2D eigenvalue weighted by molar-refractivity contribution is -0.742. The molecule has 0 bridgehead atoms. The SMILES string of the molecule is Clc1cccc(Cl)c1COc1ccc(C(c2ccc(-c3ccccc3)cc2)n2ccnc2)cc1.O=[N+]([O-])O. The van der Waals surface area contributed by atoms with Crippen LogP contribution < -0.4 is 4.74 Å². The average molecular weight is 548 g/mol. The van der Waals surface area contributed by atoms with E-state index < -0.39 is 5.09 Å². The summed E-state index contributed by atoms with van der Waals surface area (Å²) in [4.78, 5) is 12.6. The molecular weight excluding hydrogens is 525 g/mol. The van der Waals surface area contributed by atoms with E-state index in [0.717, 1.165) is 16.9 Å². The van der Waals surface area contributed by atoms with Gasteiger partial charge in [-0.2, -0.15) is 0 Å². The Morgan fingerprint density at radius 1 is 0.842 bits per heavy atom. The molecule has 1 heterocycles. The van der Waals surface area contributed by atoms with Crippen molar-refractivity contribution in [3.63, 3.8) is 0 Å². The molecule has 0 fully saturated rings. The highest BCUT2D eigenvalue weighted by Crippen LogP contribution is 2.31. The van der Waals surface area contributed by atoms with Crippen molar-refractivity contribution in [2.24, 2.45) is 0 Å². The average Bonchev–Trinajstić information content (AvgIpc) is 3.44. The molecular formula is C29H23Cl2N3O4. The van der Waals surface area contributed by atoms with Crippen molar-refractivity contribution in [2.75, 3.05) is 0 Å². The van der Waals surface area contributed by atoms with Crippen LogP contribution in [0.2, 0.25) is 10.0 Å². The Bertz CT molecular complexity index is 1440. The molecule has 1 atom stereocenters. The Hall–Kier alpha value is -4.33. The molecule has 38 heavy (non-hydrogen) atoms. The first-order valence-corrected chi connectivity index (χ1v) is 12.3. The highest BCUT2D eigenvalue weighted by Gasteiger charge is 2.16. The van der Waals surface area contributed by atoms with E-state index in [-0.39, 0.29) is 6.04 Å². The van der Waals surface area contributed by atoms with Gasteiger partial charge >= 0.3 is 0 Å². The standard InChI is InChI=1S/C29H22Cl2N2O.HNO3/c30-27-7-4-8-28(31)26(27)19-34-25-15-13-24(14-16-25)29(33-18-17-32-20-33)23-11-9-22(10-12-23)21-5-2-1-3-6-21;2-1(3)4/h1-18,20,29H,19H2;(H,2,3,4). The molecule has 5 rings (SSSR count). The number of benzene rings is 4. The summed E-state index contributed by atoms with van der Waals surface area (Å²) < 4.78 is 8.07. The fraction of sp³-hybridized carbons (Fsp3) is 0.0690. The number of hydrogen-bond acceptors (Lipinski definition) is 4. The first kappa shape index (κ1) is 26.7. The predicted molar refractivity (Wildman–Crippen MR) is 147 cm³/mol. The van der Waals surface area contributed by atoms with E-state index in [1.165, 1.54) is 16.7 Å². The van der Waals surface area contributed by atoms with Crippen molar-refractivity contribution in [1.29, 1.82) is 0 Å². The van der Waals surface area contributed by atoms with Crippen molar-refractivity contribution >= 4 is 23.2 Å². The lowest BCUT2D eigenvalue weighted by Crippen LogP contribution is -2.10. The Morgan fingerprint density at radius 2 is 1.39 bits per heavy atom. The number of rotatable bonds is 7. The fourth-order valence-corrected chi connectivity index (χ4v) is 4.53. The van der Waals surface area contributed by atoms with Crippen LogP contribution in [0.25, 0.3) is 11.1 Å². The zero-order chi connectivity index (χ0) is 26.9. The largest absolute Gasteiger partial charge is 0.489 e. The molecule has 0 amide bonds. The van der Waals surface area contributed by atoms with Gasteiger partial charge in [0.15, 0.2) is 0 Å². The Morgan fingerprint density at radius 3 is 1.95 bits per heavy atom. The maximum Gasteiger partial charge on any atom is 0.291 e. The molecule has 0 aliphatic rings. The third kappa shape index (κ3) is 6.91. The number of ether oxygens (including phenoxy) is 1. The molecule has 4 aromatic carbocycles. The van der Waals surface area contributed by atoms with Gasteiger partial charge in [-0.1, -0.05) is 96.0 Å². The number of nitrogens with zero attached hydrogens (tertiary/aromatic N) is 3. The molecule has 0 spiro atoms. The van der Waals surface area contributed by atoms with Crippen molar-refractivity contribution in [3.05, 3.63) is 153 Å². The minimum Gasteiger partial charge on any atom is -0.489 e. The Labute approximate surface area is 229 Å². The number of aromatic nitrogens is 2. The quantitative estimate of drug-likeness (QED) is 0.166. The maximum absolute atomic E-state index is 8.36. The molecule has 0 saturated carbocycles. The fourth-order valence-electron chi connectivity index (χ4n) is 4.02. The van der Waals surface area contributed by atoms with Crippen LogP contribution in [0.1, 0.15) is 22.7 Å². The van der Waals surface area contributed by atoms with E-state index in [1.54, 1.807) is 6.20 Å². The van der Waals surface area contributed by atoms with Crippen LogP contribution in [0.5, 0.6) is 5.75 Å². The molecule has 0 aliphatic heterocycles. The van der Waals surface area contributed by atoms with Crippen LogP contribution in [-0.4, -0.2) is 19.8 Å². The van der Waals surface area contributed by atoms with Gasteiger partial charge in [0.25, 0.3) is 5.09 Å². The summed E-state index contributed by atoms with van der Waals surface area (Å²) in [5.41, 5.74) is 5.48. The lowest BCUT2D eigenvalue weighted by Gasteiger charge is -2.20. The van der Waals surface area contributed by atoms with E-state index in [4.69, 9.17) is 43.3 Å². The molecule has 0 aliphatic carbocycles. The first-order valence-electron chi connectivity index (χ1n) is 11.5. The van der Waals surface area contributed by atoms with Crippen molar-refractivity contribution in [3.8, 4) is 16.9 Å². The number of halogens is 2. The summed E-state index contributed by atoms with van der Waals surface area (Å²) in [5, 5.41) is 14.8. The van der Waals surface area contributed by atoms with Gasteiger partial charge in [0, 0.05) is 28.0 Å². The van der Waals surface area contributed by atoms with Crippen LogP contribution in [-0.2, 0) is 6.61 Å². The normalized spacial score (nSPS) is 11.2. The zero-order valence-corrected chi connectivity index (χ0v) is 21.5. The minimum atomic E-state index is -1.50. The highest BCUT2D eigenvalue weighted by atomic mass is 35.5. The van der Waals surface area contributed by atoms with Crippen LogP contribution >= 0.6 is 23.2 Å². The Balaban J connectivity index is 0.000000786. The third-order valence-corrected chi connectivity index (χ3v) is 6.51. The molecule has 7 nitrogen and oxygen atoms in total. The van der Waals surface area contributed by atoms with Gasteiger partial charge in [-0.3, -0.25) is 0 Å². The monoisotopic (exact) mass is 547 g/mol. The molecule has 5 aromatic rings. The second kappa shape index (κ2) is 12.8. The first-order chi connectivity index (χ1) is 18.4. The second-order valence-electron chi connectivity index (χ2n) is 8.20. The van der Waals surface area contributed by atoms with Crippen molar-refractivity contribution in [1.82, 2.24) is 9.55 Å². The predicted octanol–water partition coefficient (Wildman–Crippen LogP) is 7.73. The minimum absolute atomic E-state index is 0.000569. The molecule has 1 aromatic heterocycles. The van der Waals surface area contributed by atoms with Gasteiger partial charge in [-0.25, -0.2) is 4.98 Å². The van der Waals surface area contributed by atoms with Crippen LogP contribution in [0.15, 0.2) is 116 Å². The molecule has 1 unspecified atom stereocenters. The molecule has 0 saturated heterocycles. The number of hydrogen-bond donors (Lipinski definition) is 1. The van der Waals surface area contributed by atoms with Crippen molar-refractivity contribution < 1.29 is 15.0 Å². The Kier molecular flexibility index (Phi) is 8.98. The summed E-state index contributed by atoms with van der Waals surface area (Å²) in [6.07, 6.45) is 5.63. The van der Waals surface area contributed by atoms with E-state index in [9.17, 15) is 0 Å². The van der Waals surface area contributed by atoms with E-state index in [2.05, 4.69) is 70.2 Å². The smallest absolute Gasteiger partial charge is 0.291 e. The molecule has 1 N–H and O–H groups in total. The summed E-state index contributed by atoms with van der Waals surface area (Å²) >= 11 is 12.5. The highest BCUT2D eigenvalue weighted by molar-refractivity contribution is 6.35. The van der Waals surface area contributed by atoms with Gasteiger partial charge in [0.2, 0.25) is 0 Å². The summed E-state index contributed by atoms with van der Waals surface area (Å²) in [6, 6.07) is 32.6. The zero-order valence-electron chi connectivity index (χ0n) is 20.0.